The average molecular weight is 212 g/mol. The van der Waals surface area contributed by atoms with Gasteiger partial charge in [0.15, 0.2) is 0 Å². The van der Waals surface area contributed by atoms with Crippen molar-refractivity contribution in [1.82, 2.24) is 9.97 Å². The van der Waals surface area contributed by atoms with Crippen molar-refractivity contribution in [1.29, 1.82) is 0 Å². The van der Waals surface area contributed by atoms with E-state index in [2.05, 4.69) is 9.97 Å². The Morgan fingerprint density at radius 3 is 2.60 bits per heavy atom. The molecule has 1 heterocycles. The maximum Gasteiger partial charge on any atom is 0.238 e. The molecule has 1 rings (SSSR count). The summed E-state index contributed by atoms with van der Waals surface area (Å²) < 4.78 is 4.95. The van der Waals surface area contributed by atoms with Gasteiger partial charge in [0, 0.05) is 12.4 Å². The number of ether oxygens (including phenoxy) is 1. The summed E-state index contributed by atoms with van der Waals surface area (Å²) in [4.78, 5) is 7.86. The minimum atomic E-state index is -1.05. The molecule has 0 aliphatic carbocycles. The molecule has 1 aromatic heterocycles. The van der Waals surface area contributed by atoms with Crippen LogP contribution in [0.1, 0.15) is 31.6 Å². The Morgan fingerprint density at radius 1 is 1.33 bits per heavy atom. The zero-order chi connectivity index (χ0) is 11.3. The molecular weight excluding hydrogens is 196 g/mol. The molecule has 2 atom stereocenters. The minimum Gasteiger partial charge on any atom is -0.480 e. The maximum atomic E-state index is 9.80. The summed E-state index contributed by atoms with van der Waals surface area (Å²) in [5, 5.41) is 19.4. The fourth-order valence-corrected chi connectivity index (χ4v) is 1.33. The number of hydrogen-bond acceptors (Lipinski definition) is 5. The predicted molar refractivity (Wildman–Crippen MR) is 54.5 cm³/mol. The molecule has 84 valence electrons. The van der Waals surface area contributed by atoms with E-state index in [0.717, 1.165) is 6.42 Å². The molecule has 0 aliphatic heterocycles. The van der Waals surface area contributed by atoms with E-state index in [-0.39, 0.29) is 11.6 Å². The average Bonchev–Trinajstić information content (AvgIpc) is 2.28. The highest BCUT2D eigenvalue weighted by Crippen LogP contribution is 2.24. The summed E-state index contributed by atoms with van der Waals surface area (Å²) in [5.74, 6) is 0.250. The molecule has 0 spiro atoms. The van der Waals surface area contributed by atoms with Crippen LogP contribution in [0.3, 0.4) is 0 Å². The Kier molecular flexibility index (Phi) is 4.45. The molecule has 0 aliphatic rings. The monoisotopic (exact) mass is 212 g/mol. The normalized spacial score (nSPS) is 14.7. The van der Waals surface area contributed by atoms with Gasteiger partial charge in [0.1, 0.15) is 11.8 Å². The molecule has 0 radical (unpaired) electrons. The first-order valence-corrected chi connectivity index (χ1v) is 4.91. The molecule has 0 saturated heterocycles. The van der Waals surface area contributed by atoms with Gasteiger partial charge >= 0.3 is 0 Å². The third-order valence-electron chi connectivity index (χ3n) is 2.11. The molecule has 5 heteroatoms. The summed E-state index contributed by atoms with van der Waals surface area (Å²) in [6.07, 6.45) is 2.36. The van der Waals surface area contributed by atoms with Crippen LogP contribution < -0.4 is 4.74 Å². The highest BCUT2D eigenvalue weighted by atomic mass is 16.5. The van der Waals surface area contributed by atoms with Crippen LogP contribution in [0.15, 0.2) is 12.4 Å². The molecule has 0 amide bonds. The SMILES string of the molecule is CCCC(O)C(O)c1nccnc1OC. The second-order valence-corrected chi connectivity index (χ2v) is 3.25. The first-order valence-electron chi connectivity index (χ1n) is 4.91. The van der Waals surface area contributed by atoms with E-state index in [1.807, 2.05) is 6.92 Å². The lowest BCUT2D eigenvalue weighted by atomic mass is 10.1. The standard InChI is InChI=1S/C10H16N2O3/c1-3-4-7(13)9(14)8-10(15-2)12-6-5-11-8/h5-7,9,13-14H,3-4H2,1-2H3. The van der Waals surface area contributed by atoms with Crippen molar-refractivity contribution in [3.63, 3.8) is 0 Å². The van der Waals surface area contributed by atoms with Crippen LogP contribution in [0.25, 0.3) is 0 Å². The number of aromatic nitrogens is 2. The highest BCUT2D eigenvalue weighted by Gasteiger charge is 2.22. The van der Waals surface area contributed by atoms with E-state index in [0.29, 0.717) is 6.42 Å². The van der Waals surface area contributed by atoms with Gasteiger partial charge in [0.25, 0.3) is 0 Å². The number of hydrogen-bond donors (Lipinski definition) is 2. The Labute approximate surface area is 88.8 Å². The zero-order valence-electron chi connectivity index (χ0n) is 8.92. The van der Waals surface area contributed by atoms with Crippen molar-refractivity contribution in [2.75, 3.05) is 7.11 Å². The van der Waals surface area contributed by atoms with Gasteiger partial charge in [-0.1, -0.05) is 13.3 Å². The number of methoxy groups -OCH3 is 1. The fourth-order valence-electron chi connectivity index (χ4n) is 1.33. The summed E-state index contributed by atoms with van der Waals surface area (Å²) >= 11 is 0. The molecule has 0 saturated carbocycles. The molecule has 15 heavy (non-hydrogen) atoms. The molecule has 0 aromatic carbocycles. The number of aliphatic hydroxyl groups is 2. The Hall–Kier alpha value is -1.20. The molecule has 5 nitrogen and oxygen atoms in total. The van der Waals surface area contributed by atoms with E-state index in [4.69, 9.17) is 4.74 Å². The molecule has 0 bridgehead atoms. The van der Waals surface area contributed by atoms with Gasteiger partial charge in [0.05, 0.1) is 13.2 Å². The van der Waals surface area contributed by atoms with E-state index >= 15 is 0 Å². The van der Waals surface area contributed by atoms with Crippen LogP contribution >= 0.6 is 0 Å². The summed E-state index contributed by atoms with van der Waals surface area (Å²) in [6, 6.07) is 0. The van der Waals surface area contributed by atoms with Crippen LogP contribution in [0.4, 0.5) is 0 Å². The second-order valence-electron chi connectivity index (χ2n) is 3.25. The summed E-state index contributed by atoms with van der Waals surface area (Å²) in [5.41, 5.74) is 0.279. The van der Waals surface area contributed by atoms with E-state index in [1.54, 1.807) is 0 Å². The quantitative estimate of drug-likeness (QED) is 0.750. The van der Waals surface area contributed by atoms with E-state index in [9.17, 15) is 10.2 Å². The number of rotatable bonds is 5. The molecule has 2 unspecified atom stereocenters. The van der Waals surface area contributed by atoms with Crippen molar-refractivity contribution in [2.24, 2.45) is 0 Å². The van der Waals surface area contributed by atoms with Crippen LogP contribution in [-0.2, 0) is 0 Å². The van der Waals surface area contributed by atoms with Gasteiger partial charge in [-0.2, -0.15) is 0 Å². The lowest BCUT2D eigenvalue weighted by Crippen LogP contribution is -2.20. The predicted octanol–water partition coefficient (Wildman–Crippen LogP) is 0.680. The fraction of sp³-hybridized carbons (Fsp3) is 0.600. The van der Waals surface area contributed by atoms with E-state index in [1.165, 1.54) is 19.5 Å². The van der Waals surface area contributed by atoms with Crippen molar-refractivity contribution in [2.45, 2.75) is 32.0 Å². The van der Waals surface area contributed by atoms with Gasteiger partial charge in [-0.05, 0) is 6.42 Å². The molecule has 2 N–H and O–H groups in total. The van der Waals surface area contributed by atoms with Crippen LogP contribution in [-0.4, -0.2) is 33.4 Å². The smallest absolute Gasteiger partial charge is 0.238 e. The van der Waals surface area contributed by atoms with Crippen LogP contribution in [0.5, 0.6) is 5.88 Å². The Balaban J connectivity index is 2.84. The van der Waals surface area contributed by atoms with Gasteiger partial charge < -0.3 is 14.9 Å². The minimum absolute atomic E-state index is 0.250. The van der Waals surface area contributed by atoms with Gasteiger partial charge in [-0.3, -0.25) is 4.98 Å². The maximum absolute atomic E-state index is 9.80. The topological polar surface area (TPSA) is 75.5 Å². The molecule has 0 fully saturated rings. The number of aliphatic hydroxyl groups excluding tert-OH is 2. The van der Waals surface area contributed by atoms with Gasteiger partial charge in [-0.25, -0.2) is 4.98 Å². The second kappa shape index (κ2) is 5.63. The van der Waals surface area contributed by atoms with E-state index < -0.39 is 12.2 Å². The Morgan fingerprint density at radius 2 is 2.00 bits per heavy atom. The third kappa shape index (κ3) is 2.87. The number of nitrogens with zero attached hydrogens (tertiary/aromatic N) is 2. The van der Waals surface area contributed by atoms with Crippen molar-refractivity contribution < 1.29 is 14.9 Å². The van der Waals surface area contributed by atoms with Crippen LogP contribution in [0.2, 0.25) is 0 Å². The Bertz CT molecular complexity index is 306. The van der Waals surface area contributed by atoms with Crippen molar-refractivity contribution in [3.8, 4) is 5.88 Å². The third-order valence-corrected chi connectivity index (χ3v) is 2.11. The van der Waals surface area contributed by atoms with Gasteiger partial charge in [-0.15, -0.1) is 0 Å². The molecule has 1 aromatic rings. The largest absolute Gasteiger partial charge is 0.480 e. The summed E-state index contributed by atoms with van der Waals surface area (Å²) in [7, 11) is 1.45. The zero-order valence-corrected chi connectivity index (χ0v) is 8.92. The van der Waals surface area contributed by atoms with Crippen LogP contribution in [0, 0.1) is 0 Å². The lowest BCUT2D eigenvalue weighted by molar-refractivity contribution is 0.00879. The molecular formula is C10H16N2O3. The van der Waals surface area contributed by atoms with Crippen molar-refractivity contribution >= 4 is 0 Å². The van der Waals surface area contributed by atoms with Crippen molar-refractivity contribution in [3.05, 3.63) is 18.1 Å². The highest BCUT2D eigenvalue weighted by molar-refractivity contribution is 5.20. The van der Waals surface area contributed by atoms with Gasteiger partial charge in [0.2, 0.25) is 5.88 Å². The lowest BCUT2D eigenvalue weighted by Gasteiger charge is -2.17. The first-order chi connectivity index (χ1) is 7.20. The first kappa shape index (κ1) is 11.9. The summed E-state index contributed by atoms with van der Waals surface area (Å²) in [6.45, 7) is 1.93.